The molecule has 0 amide bonds. The summed E-state index contributed by atoms with van der Waals surface area (Å²) in [6.45, 7) is 2.77. The summed E-state index contributed by atoms with van der Waals surface area (Å²) >= 11 is 15.3. The van der Waals surface area contributed by atoms with Crippen molar-refractivity contribution in [3.63, 3.8) is 0 Å². The van der Waals surface area contributed by atoms with Crippen molar-refractivity contribution in [2.45, 2.75) is 36.7 Å². The molecule has 5 aromatic rings. The van der Waals surface area contributed by atoms with Gasteiger partial charge in [0.1, 0.15) is 12.1 Å². The minimum atomic E-state index is -3.63. The van der Waals surface area contributed by atoms with Gasteiger partial charge in [-0.15, -0.1) is 35.1 Å². The standard InChI is InChI=1S/C15H16ClNO2S.C13H14O3S2.C9H10ClNO2.ClH/c1-19-15(18)14(12-6-2-3-7-13(12)16)17-9-8-11-5-4-10-20-11;1-11-4-6-13(7-5-11)18(14,15)16-9-8-12-3-2-10-17-12;1-13-9(12)8(11)6-4-2-3-5-7(6)10;/h2-7,10,14,17H,8-9H2,1H3;2-7,10H,8-9H2,1H3;2-5,8H,11H2,1H3;1H/t14-;;8-;/m1.1./s1. The lowest BCUT2D eigenvalue weighted by molar-refractivity contribution is -0.143. The fraction of sp³-hybridized carbons (Fsp3) is 0.243. The lowest BCUT2D eigenvalue weighted by Crippen LogP contribution is -2.31. The van der Waals surface area contributed by atoms with E-state index in [1.54, 1.807) is 77.3 Å². The van der Waals surface area contributed by atoms with E-state index in [1.165, 1.54) is 19.1 Å². The number of hydrogen-bond acceptors (Lipinski definition) is 11. The van der Waals surface area contributed by atoms with Gasteiger partial charge in [-0.1, -0.05) is 89.4 Å². The summed E-state index contributed by atoms with van der Waals surface area (Å²) in [6.07, 6.45) is 1.48. The number of rotatable bonds is 13. The van der Waals surface area contributed by atoms with E-state index in [-0.39, 0.29) is 29.9 Å². The van der Waals surface area contributed by atoms with E-state index in [0.29, 0.717) is 28.6 Å². The van der Waals surface area contributed by atoms with Gasteiger partial charge in [0.25, 0.3) is 10.1 Å². The largest absolute Gasteiger partial charge is 0.468 e. The molecule has 3 aromatic carbocycles. The third kappa shape index (κ3) is 14.6. The second kappa shape index (κ2) is 23.4. The van der Waals surface area contributed by atoms with E-state index in [1.807, 2.05) is 54.1 Å². The summed E-state index contributed by atoms with van der Waals surface area (Å²) < 4.78 is 38.1. The highest BCUT2D eigenvalue weighted by Gasteiger charge is 2.23. The molecule has 0 unspecified atom stereocenters. The van der Waals surface area contributed by atoms with Crippen molar-refractivity contribution >= 4 is 80.3 Å². The minimum Gasteiger partial charge on any atom is -0.468 e. The molecule has 9 nitrogen and oxygen atoms in total. The Morgan fingerprint density at radius 3 is 1.77 bits per heavy atom. The molecule has 280 valence electrons. The molecule has 2 aromatic heterocycles. The zero-order chi connectivity index (χ0) is 37.2. The Morgan fingerprint density at radius 2 is 1.27 bits per heavy atom. The van der Waals surface area contributed by atoms with Crippen LogP contribution in [0.2, 0.25) is 10.0 Å². The van der Waals surface area contributed by atoms with Crippen LogP contribution in [-0.4, -0.2) is 47.7 Å². The monoisotopic (exact) mass is 826 g/mol. The number of esters is 2. The number of benzene rings is 3. The highest BCUT2D eigenvalue weighted by atomic mass is 35.5. The smallest absolute Gasteiger partial charge is 0.327 e. The molecule has 0 spiro atoms. The Balaban J connectivity index is 0.000000274. The van der Waals surface area contributed by atoms with Crippen molar-refractivity contribution in [3.8, 4) is 0 Å². The van der Waals surface area contributed by atoms with Crippen LogP contribution in [0.25, 0.3) is 0 Å². The summed E-state index contributed by atoms with van der Waals surface area (Å²) in [4.78, 5) is 25.6. The maximum Gasteiger partial charge on any atom is 0.327 e. The molecule has 0 aliphatic carbocycles. The van der Waals surface area contributed by atoms with Gasteiger partial charge >= 0.3 is 11.9 Å². The molecule has 0 aliphatic rings. The van der Waals surface area contributed by atoms with E-state index in [2.05, 4.69) is 16.1 Å². The van der Waals surface area contributed by atoms with Gasteiger partial charge in [-0.3, -0.25) is 8.98 Å². The third-order valence-corrected chi connectivity index (χ3v) is 11.0. The molecule has 3 N–H and O–H groups in total. The van der Waals surface area contributed by atoms with Crippen LogP contribution in [-0.2, 0) is 46.2 Å². The number of carbonyl (C=O) groups is 2. The second-order valence-corrected chi connectivity index (χ2v) is 15.2. The molecule has 2 atom stereocenters. The molecular weight excluding hydrogens is 787 g/mol. The number of methoxy groups -OCH3 is 2. The van der Waals surface area contributed by atoms with E-state index < -0.39 is 28.2 Å². The van der Waals surface area contributed by atoms with Crippen LogP contribution in [0.5, 0.6) is 0 Å². The van der Waals surface area contributed by atoms with Crippen molar-refractivity contribution in [1.29, 1.82) is 0 Å². The molecule has 0 aliphatic heterocycles. The van der Waals surface area contributed by atoms with Crippen LogP contribution < -0.4 is 11.1 Å². The van der Waals surface area contributed by atoms with E-state index in [9.17, 15) is 18.0 Å². The second-order valence-electron chi connectivity index (χ2n) is 10.7. The quantitative estimate of drug-likeness (QED) is 0.0887. The summed E-state index contributed by atoms with van der Waals surface area (Å²) in [6, 6.07) is 27.5. The first-order chi connectivity index (χ1) is 24.5. The number of hydrogen-bond donors (Lipinski definition) is 2. The molecule has 0 saturated carbocycles. The molecule has 0 saturated heterocycles. The summed E-state index contributed by atoms with van der Waals surface area (Å²) in [5.41, 5.74) is 7.93. The van der Waals surface area contributed by atoms with E-state index >= 15 is 0 Å². The SMILES string of the molecule is COC(=O)[C@H](N)c1ccccc1Cl.COC(=O)[C@H](NCCc1cccs1)c1ccccc1Cl.Cc1ccc(S(=O)(=O)OCCc2cccs2)cc1.Cl. The van der Waals surface area contributed by atoms with Crippen LogP contribution in [0.15, 0.2) is 113 Å². The van der Waals surface area contributed by atoms with E-state index in [0.717, 1.165) is 22.4 Å². The van der Waals surface area contributed by atoms with Crippen molar-refractivity contribution < 1.29 is 31.7 Å². The number of thiophene rings is 2. The van der Waals surface area contributed by atoms with Gasteiger partial charge in [-0.2, -0.15) is 8.42 Å². The summed E-state index contributed by atoms with van der Waals surface area (Å²) in [5, 5.41) is 8.25. The first kappa shape index (κ1) is 44.9. The van der Waals surface area contributed by atoms with Crippen LogP contribution >= 0.6 is 58.3 Å². The van der Waals surface area contributed by atoms with Gasteiger partial charge in [0.2, 0.25) is 0 Å². The van der Waals surface area contributed by atoms with Crippen molar-refractivity contribution in [2.24, 2.45) is 5.73 Å². The third-order valence-electron chi connectivity index (χ3n) is 7.13. The maximum absolute atomic E-state index is 11.9. The number of carbonyl (C=O) groups excluding carboxylic acids is 2. The number of halogens is 3. The first-order valence-corrected chi connectivity index (χ1v) is 19.5. The summed E-state index contributed by atoms with van der Waals surface area (Å²) in [7, 11) is -0.953. The average molecular weight is 828 g/mol. The highest BCUT2D eigenvalue weighted by Crippen LogP contribution is 2.24. The molecule has 2 heterocycles. The number of aryl methyl sites for hydroxylation is 1. The lowest BCUT2D eigenvalue weighted by Gasteiger charge is -2.17. The molecule has 0 bridgehead atoms. The van der Waals surface area contributed by atoms with E-state index in [4.69, 9.17) is 37.9 Å². The number of nitrogens with one attached hydrogen (secondary N) is 1. The zero-order valence-corrected chi connectivity index (χ0v) is 33.5. The zero-order valence-electron chi connectivity index (χ0n) is 28.7. The fourth-order valence-corrected chi connectivity index (χ4v) is 7.21. The number of nitrogens with two attached hydrogens (primary N) is 1. The van der Waals surface area contributed by atoms with Crippen LogP contribution in [0.3, 0.4) is 0 Å². The topological polar surface area (TPSA) is 134 Å². The van der Waals surface area contributed by atoms with Gasteiger partial charge in [-0.25, -0.2) is 4.79 Å². The summed E-state index contributed by atoms with van der Waals surface area (Å²) in [5.74, 6) is -0.822. The normalized spacial score (nSPS) is 11.7. The van der Waals surface area contributed by atoms with Gasteiger partial charge in [0, 0.05) is 32.8 Å². The molecule has 52 heavy (non-hydrogen) atoms. The Labute approximate surface area is 329 Å². The minimum absolute atomic E-state index is 0. The molecule has 0 radical (unpaired) electrons. The highest BCUT2D eigenvalue weighted by molar-refractivity contribution is 7.86. The first-order valence-electron chi connectivity index (χ1n) is 15.6. The van der Waals surface area contributed by atoms with Crippen LogP contribution in [0.1, 0.15) is 38.5 Å². The van der Waals surface area contributed by atoms with Crippen molar-refractivity contribution in [3.05, 3.63) is 144 Å². The predicted molar refractivity (Wildman–Crippen MR) is 212 cm³/mol. The van der Waals surface area contributed by atoms with Crippen molar-refractivity contribution in [1.82, 2.24) is 5.32 Å². The lowest BCUT2D eigenvalue weighted by atomic mass is 10.1. The molecule has 15 heteroatoms. The number of ether oxygens (including phenoxy) is 2. The fourth-order valence-electron chi connectivity index (χ4n) is 4.40. The Morgan fingerprint density at radius 1 is 0.750 bits per heavy atom. The van der Waals surface area contributed by atoms with Gasteiger partial charge < -0.3 is 20.5 Å². The van der Waals surface area contributed by atoms with Crippen molar-refractivity contribution in [2.75, 3.05) is 27.4 Å². The van der Waals surface area contributed by atoms with Gasteiger partial charge in [0.15, 0.2) is 0 Å². The maximum atomic E-state index is 11.9. The van der Waals surface area contributed by atoms with Crippen LogP contribution in [0.4, 0.5) is 0 Å². The van der Waals surface area contributed by atoms with Gasteiger partial charge in [0.05, 0.1) is 25.7 Å². The Bertz CT molecular complexity index is 1890. The molecule has 5 rings (SSSR count). The van der Waals surface area contributed by atoms with Gasteiger partial charge in [-0.05, 0) is 71.6 Å². The van der Waals surface area contributed by atoms with Crippen LogP contribution in [0, 0.1) is 6.92 Å². The molecule has 0 fully saturated rings. The molecular formula is C37H41Cl3N2O7S3. The predicted octanol–water partition coefficient (Wildman–Crippen LogP) is 8.39. The average Bonchev–Trinajstić information content (AvgIpc) is 3.86. The Hall–Kier alpha value is -3.30. The Kier molecular flexibility index (Phi) is 20.2.